The second-order valence-corrected chi connectivity index (χ2v) is 3.04. The van der Waals surface area contributed by atoms with Crippen molar-refractivity contribution in [2.75, 3.05) is 5.88 Å². The predicted octanol–water partition coefficient (Wildman–Crippen LogP) is 0.398. The Morgan fingerprint density at radius 1 is 1.31 bits per heavy atom. The standard InChI is InChI=1S/C9H6ClN3/c10-5-9(6-11)12-7-3-1-2-4-8(7)13-9/h1-4H,5H2. The van der Waals surface area contributed by atoms with Crippen LogP contribution in [0.3, 0.4) is 0 Å². The molecule has 1 aliphatic rings. The first-order valence-corrected chi connectivity index (χ1v) is 4.35. The van der Waals surface area contributed by atoms with E-state index in [0.717, 1.165) is 10.7 Å². The Morgan fingerprint density at radius 3 is 2.23 bits per heavy atom. The molecule has 64 valence electrons. The number of benzene rings is 1. The molecule has 13 heavy (non-hydrogen) atoms. The Balaban J connectivity index is 2.70. The number of alkyl halides is 1. The highest BCUT2D eigenvalue weighted by atomic mass is 35.5. The van der Waals surface area contributed by atoms with Crippen molar-refractivity contribution in [2.45, 2.75) is 5.66 Å². The van der Waals surface area contributed by atoms with Crippen LogP contribution in [0.4, 0.5) is 0 Å². The number of hydrogen-bond acceptors (Lipinski definition) is 3. The third-order valence-corrected chi connectivity index (χ3v) is 2.23. The van der Waals surface area contributed by atoms with Crippen LogP contribution < -0.4 is 10.7 Å². The molecule has 0 spiro atoms. The van der Waals surface area contributed by atoms with E-state index in [4.69, 9.17) is 16.9 Å². The van der Waals surface area contributed by atoms with E-state index >= 15 is 0 Å². The molecule has 3 nitrogen and oxygen atoms in total. The van der Waals surface area contributed by atoms with Crippen molar-refractivity contribution in [3.8, 4) is 6.07 Å². The van der Waals surface area contributed by atoms with Gasteiger partial charge in [-0.1, -0.05) is 12.1 Å². The molecule has 0 aliphatic carbocycles. The average molecular weight is 192 g/mol. The van der Waals surface area contributed by atoms with Crippen LogP contribution in [-0.4, -0.2) is 11.5 Å². The summed E-state index contributed by atoms with van der Waals surface area (Å²) in [5.41, 5.74) is -1.09. The molecule has 0 saturated heterocycles. The normalized spacial score (nSPS) is 16.6. The van der Waals surface area contributed by atoms with Crippen LogP contribution in [0.5, 0.6) is 0 Å². The number of nitriles is 1. The molecular formula is C9H6ClN3. The molecule has 1 aromatic carbocycles. The molecule has 4 heteroatoms. The van der Waals surface area contributed by atoms with E-state index in [1.165, 1.54) is 0 Å². The summed E-state index contributed by atoms with van der Waals surface area (Å²) in [6.45, 7) is 0. The van der Waals surface area contributed by atoms with E-state index in [9.17, 15) is 0 Å². The van der Waals surface area contributed by atoms with Crippen LogP contribution in [0.15, 0.2) is 34.3 Å². The van der Waals surface area contributed by atoms with E-state index < -0.39 is 5.66 Å². The molecule has 0 atom stereocenters. The minimum absolute atomic E-state index is 0.0954. The molecular weight excluding hydrogens is 186 g/mol. The summed E-state index contributed by atoms with van der Waals surface area (Å²) in [6.07, 6.45) is 0. The topological polar surface area (TPSA) is 48.5 Å². The van der Waals surface area contributed by atoms with Crippen molar-refractivity contribution < 1.29 is 0 Å². The fraction of sp³-hybridized carbons (Fsp3) is 0.222. The van der Waals surface area contributed by atoms with Gasteiger partial charge in [-0.05, 0) is 12.1 Å². The number of para-hydroxylation sites is 2. The monoisotopic (exact) mass is 191 g/mol. The maximum absolute atomic E-state index is 8.87. The van der Waals surface area contributed by atoms with Gasteiger partial charge in [0.25, 0.3) is 5.66 Å². The SMILES string of the molecule is N#CC1(CCl)N=c2ccccc2=N1. The minimum Gasteiger partial charge on any atom is -0.238 e. The van der Waals surface area contributed by atoms with Crippen LogP contribution >= 0.6 is 11.6 Å². The van der Waals surface area contributed by atoms with E-state index in [1.807, 2.05) is 30.3 Å². The highest BCUT2D eigenvalue weighted by molar-refractivity contribution is 6.18. The molecule has 0 N–H and O–H groups in total. The first-order valence-electron chi connectivity index (χ1n) is 3.82. The van der Waals surface area contributed by atoms with Gasteiger partial charge in [-0.2, -0.15) is 5.26 Å². The van der Waals surface area contributed by atoms with Crippen molar-refractivity contribution in [3.05, 3.63) is 35.0 Å². The van der Waals surface area contributed by atoms with E-state index in [-0.39, 0.29) is 5.88 Å². The first kappa shape index (κ1) is 8.21. The number of halogens is 1. The molecule has 0 amide bonds. The summed E-state index contributed by atoms with van der Waals surface area (Å²) in [5, 5.41) is 10.3. The van der Waals surface area contributed by atoms with Gasteiger partial charge in [0.1, 0.15) is 6.07 Å². The maximum atomic E-state index is 8.87. The Hall–Kier alpha value is -1.40. The summed E-state index contributed by atoms with van der Waals surface area (Å²) < 4.78 is 0. The zero-order valence-electron chi connectivity index (χ0n) is 6.74. The smallest absolute Gasteiger partial charge is 0.238 e. The van der Waals surface area contributed by atoms with Gasteiger partial charge < -0.3 is 0 Å². The van der Waals surface area contributed by atoms with Gasteiger partial charge in [-0.15, -0.1) is 11.6 Å². The number of rotatable bonds is 1. The van der Waals surface area contributed by atoms with Crippen LogP contribution in [0.1, 0.15) is 0 Å². The Labute approximate surface area is 80.0 Å². The van der Waals surface area contributed by atoms with E-state index in [1.54, 1.807) is 0 Å². The fourth-order valence-corrected chi connectivity index (χ4v) is 1.40. The summed E-state index contributed by atoms with van der Waals surface area (Å²) in [5.74, 6) is 0.0954. The third kappa shape index (κ3) is 1.20. The molecule has 1 aliphatic heterocycles. The molecule has 1 aromatic rings. The number of hydrogen-bond donors (Lipinski definition) is 0. The van der Waals surface area contributed by atoms with Gasteiger partial charge in [0.15, 0.2) is 0 Å². The van der Waals surface area contributed by atoms with E-state index in [0.29, 0.717) is 0 Å². The van der Waals surface area contributed by atoms with Crippen molar-refractivity contribution in [1.29, 1.82) is 5.26 Å². The van der Waals surface area contributed by atoms with Crippen LogP contribution in [0, 0.1) is 11.3 Å². The summed E-state index contributed by atoms with van der Waals surface area (Å²) in [4.78, 5) is 8.32. The zero-order chi connectivity index (χ0) is 9.31. The van der Waals surface area contributed by atoms with Crippen molar-refractivity contribution in [1.82, 2.24) is 0 Å². The molecule has 0 bridgehead atoms. The zero-order valence-corrected chi connectivity index (χ0v) is 7.49. The summed E-state index contributed by atoms with van der Waals surface area (Å²) >= 11 is 5.64. The van der Waals surface area contributed by atoms with Crippen molar-refractivity contribution in [2.24, 2.45) is 9.98 Å². The Morgan fingerprint density at radius 2 is 1.85 bits per heavy atom. The minimum atomic E-state index is -1.09. The lowest BCUT2D eigenvalue weighted by molar-refractivity contribution is 0.641. The quantitative estimate of drug-likeness (QED) is 0.593. The summed E-state index contributed by atoms with van der Waals surface area (Å²) in [6, 6.07) is 9.38. The largest absolute Gasteiger partial charge is 0.251 e. The Kier molecular flexibility index (Phi) is 1.78. The fourth-order valence-electron chi connectivity index (χ4n) is 1.22. The van der Waals surface area contributed by atoms with Gasteiger partial charge in [-0.3, -0.25) is 0 Å². The second kappa shape index (κ2) is 2.82. The maximum Gasteiger partial charge on any atom is 0.251 e. The molecule has 1 heterocycles. The average Bonchev–Trinajstić information content (AvgIpc) is 2.57. The highest BCUT2D eigenvalue weighted by Gasteiger charge is 2.29. The number of nitrogens with zero attached hydrogens (tertiary/aromatic N) is 3. The first-order chi connectivity index (χ1) is 6.29. The van der Waals surface area contributed by atoms with Gasteiger partial charge in [0, 0.05) is 0 Å². The third-order valence-electron chi connectivity index (χ3n) is 1.86. The molecule has 0 unspecified atom stereocenters. The van der Waals surface area contributed by atoms with E-state index in [2.05, 4.69) is 9.98 Å². The number of fused-ring (bicyclic) bond motifs is 1. The van der Waals surface area contributed by atoms with Crippen LogP contribution in [0.25, 0.3) is 0 Å². The van der Waals surface area contributed by atoms with Crippen molar-refractivity contribution >= 4 is 11.6 Å². The Bertz CT molecular complexity index is 451. The lowest BCUT2D eigenvalue weighted by atomic mass is 10.3. The molecule has 2 rings (SSSR count). The molecule has 0 radical (unpaired) electrons. The molecule has 0 saturated carbocycles. The van der Waals surface area contributed by atoms with Crippen LogP contribution in [-0.2, 0) is 0 Å². The molecule has 0 fully saturated rings. The molecule has 0 aromatic heterocycles. The van der Waals surface area contributed by atoms with Crippen molar-refractivity contribution in [3.63, 3.8) is 0 Å². The van der Waals surface area contributed by atoms with Gasteiger partial charge in [0.2, 0.25) is 0 Å². The van der Waals surface area contributed by atoms with Gasteiger partial charge in [0.05, 0.1) is 16.6 Å². The lowest BCUT2D eigenvalue weighted by Gasteiger charge is -2.07. The van der Waals surface area contributed by atoms with Gasteiger partial charge in [-0.25, -0.2) is 9.98 Å². The van der Waals surface area contributed by atoms with Crippen LogP contribution in [0.2, 0.25) is 0 Å². The summed E-state index contributed by atoms with van der Waals surface area (Å²) in [7, 11) is 0. The predicted molar refractivity (Wildman–Crippen MR) is 47.8 cm³/mol. The lowest BCUT2D eigenvalue weighted by Crippen LogP contribution is -2.22. The van der Waals surface area contributed by atoms with Gasteiger partial charge >= 0.3 is 0 Å². The second-order valence-electron chi connectivity index (χ2n) is 2.77. The highest BCUT2D eigenvalue weighted by Crippen LogP contribution is 2.14.